The van der Waals surface area contributed by atoms with E-state index in [9.17, 15) is 0 Å². The molecule has 1 aliphatic carbocycles. The Morgan fingerprint density at radius 1 is 1.04 bits per heavy atom. The van der Waals surface area contributed by atoms with Gasteiger partial charge in [0.15, 0.2) is 0 Å². The van der Waals surface area contributed by atoms with Gasteiger partial charge in [-0.05, 0) is 66.8 Å². The predicted octanol–water partition coefficient (Wildman–Crippen LogP) is 5.64. The van der Waals surface area contributed by atoms with E-state index >= 15 is 0 Å². The Kier molecular flexibility index (Phi) is 5.79. The van der Waals surface area contributed by atoms with E-state index in [0.717, 1.165) is 11.8 Å². The quantitative estimate of drug-likeness (QED) is 0.434. The van der Waals surface area contributed by atoms with Crippen LogP contribution in [-0.4, -0.2) is 36.9 Å². The van der Waals surface area contributed by atoms with Gasteiger partial charge in [-0.1, -0.05) is 31.0 Å². The van der Waals surface area contributed by atoms with Gasteiger partial charge >= 0.3 is 0 Å². The monoisotopic (exact) mass is 462 g/mol. The van der Waals surface area contributed by atoms with Gasteiger partial charge in [-0.15, -0.1) is 0 Å². The Balaban J connectivity index is 1.57. The van der Waals surface area contributed by atoms with Gasteiger partial charge in [-0.3, -0.25) is 4.90 Å². The third-order valence-electron chi connectivity index (χ3n) is 6.11. The first-order valence-electron chi connectivity index (χ1n) is 9.79. The second-order valence-corrected chi connectivity index (χ2v) is 8.15. The fourth-order valence-corrected chi connectivity index (χ4v) is 5.37. The third kappa shape index (κ3) is 3.77. The summed E-state index contributed by atoms with van der Waals surface area (Å²) in [4.78, 5) is 2.74. The van der Waals surface area contributed by atoms with Crippen LogP contribution in [0.2, 0.25) is 0 Å². The number of ether oxygens (including phenoxy) is 1. The molecule has 1 aliphatic heterocycles. The number of fused-ring (bicyclic) bond motifs is 1. The zero-order valence-electron chi connectivity index (χ0n) is 15.5. The zero-order valence-corrected chi connectivity index (χ0v) is 17.6. The standard InChI is InChI=1S/C22H27IN2O/c1-26-21-11-10-16-13-18(9-8-17(16)14-21)22(24-23)19-5-4-12-25(15-19)20-6-2-3-7-20/h8-11,13-14,19-20H,2-7,12,15H2,1H3/b24-22-. The highest BCUT2D eigenvalue weighted by atomic mass is 127. The normalized spacial score (nSPS) is 22.8. The highest BCUT2D eigenvalue weighted by Gasteiger charge is 2.30. The molecule has 0 radical (unpaired) electrons. The average molecular weight is 462 g/mol. The van der Waals surface area contributed by atoms with Crippen LogP contribution in [0.1, 0.15) is 44.1 Å². The minimum absolute atomic E-state index is 0.553. The Bertz CT molecular complexity index is 798. The summed E-state index contributed by atoms with van der Waals surface area (Å²) in [5, 5.41) is 2.47. The molecule has 0 amide bonds. The first kappa shape index (κ1) is 18.2. The van der Waals surface area contributed by atoms with E-state index in [4.69, 9.17) is 7.94 Å². The van der Waals surface area contributed by atoms with Crippen LogP contribution in [-0.2, 0) is 0 Å². The van der Waals surface area contributed by atoms with Crippen LogP contribution >= 0.6 is 22.9 Å². The van der Waals surface area contributed by atoms with Crippen LogP contribution in [0.4, 0.5) is 0 Å². The van der Waals surface area contributed by atoms with Crippen LogP contribution in [0.3, 0.4) is 0 Å². The van der Waals surface area contributed by atoms with Crippen molar-refractivity contribution in [2.45, 2.75) is 44.6 Å². The maximum atomic E-state index is 5.35. The molecule has 1 unspecified atom stereocenters. The summed E-state index contributed by atoms with van der Waals surface area (Å²) in [6, 6.07) is 13.8. The first-order valence-corrected chi connectivity index (χ1v) is 10.8. The predicted molar refractivity (Wildman–Crippen MR) is 118 cm³/mol. The molecular formula is C22H27IN2O. The lowest BCUT2D eigenvalue weighted by Crippen LogP contribution is -2.43. The van der Waals surface area contributed by atoms with E-state index in [1.54, 1.807) is 7.11 Å². The van der Waals surface area contributed by atoms with E-state index in [1.807, 2.05) is 6.07 Å². The van der Waals surface area contributed by atoms with Crippen molar-refractivity contribution in [3.8, 4) is 5.75 Å². The number of halogens is 1. The Morgan fingerprint density at radius 3 is 2.58 bits per heavy atom. The van der Waals surface area contributed by atoms with Gasteiger partial charge in [0.2, 0.25) is 0 Å². The number of likely N-dealkylation sites (tertiary alicyclic amines) is 1. The second kappa shape index (κ2) is 8.26. The molecule has 1 saturated carbocycles. The zero-order chi connectivity index (χ0) is 17.9. The SMILES string of the molecule is COc1ccc2cc(/C(=N/I)C3CCCN(C4CCCC4)C3)ccc2c1. The van der Waals surface area contributed by atoms with E-state index in [0.29, 0.717) is 5.92 Å². The molecule has 1 saturated heterocycles. The lowest BCUT2D eigenvalue weighted by atomic mass is 9.88. The number of benzene rings is 2. The molecule has 2 aromatic rings. The number of methoxy groups -OCH3 is 1. The fraction of sp³-hybridized carbons (Fsp3) is 0.500. The van der Waals surface area contributed by atoms with E-state index in [2.05, 4.69) is 58.1 Å². The first-order chi connectivity index (χ1) is 12.8. The smallest absolute Gasteiger partial charge is 0.119 e. The number of rotatable bonds is 4. The van der Waals surface area contributed by atoms with Crippen molar-refractivity contribution in [3.05, 3.63) is 42.0 Å². The van der Waals surface area contributed by atoms with Crippen LogP contribution in [0, 0.1) is 5.92 Å². The number of nitrogens with zero attached hydrogens (tertiary/aromatic N) is 2. The molecule has 4 heteroatoms. The molecule has 2 aliphatic rings. The number of piperidine rings is 1. The van der Waals surface area contributed by atoms with Crippen LogP contribution in [0.25, 0.3) is 10.8 Å². The molecule has 0 N–H and O–H groups in total. The summed E-state index contributed by atoms with van der Waals surface area (Å²) >= 11 is 2.20. The molecule has 26 heavy (non-hydrogen) atoms. The van der Waals surface area contributed by atoms with Gasteiger partial charge in [0.05, 0.1) is 35.7 Å². The van der Waals surface area contributed by atoms with Gasteiger partial charge in [-0.2, -0.15) is 0 Å². The molecule has 0 aromatic heterocycles. The second-order valence-electron chi connectivity index (χ2n) is 7.67. The van der Waals surface area contributed by atoms with Gasteiger partial charge < -0.3 is 4.74 Å². The maximum absolute atomic E-state index is 5.35. The van der Waals surface area contributed by atoms with Crippen molar-refractivity contribution in [1.29, 1.82) is 0 Å². The van der Waals surface area contributed by atoms with Crippen LogP contribution < -0.4 is 4.74 Å². The van der Waals surface area contributed by atoms with E-state index in [-0.39, 0.29) is 0 Å². The maximum Gasteiger partial charge on any atom is 0.119 e. The van der Waals surface area contributed by atoms with Gasteiger partial charge in [0.25, 0.3) is 0 Å². The summed E-state index contributed by atoms with van der Waals surface area (Å²) in [5.41, 5.74) is 2.54. The van der Waals surface area contributed by atoms with Gasteiger partial charge in [0.1, 0.15) is 5.75 Å². The average Bonchev–Trinajstić information content (AvgIpc) is 3.23. The van der Waals surface area contributed by atoms with E-state index < -0.39 is 0 Å². The summed E-state index contributed by atoms with van der Waals surface area (Å²) in [6.07, 6.45) is 8.15. The van der Waals surface area contributed by atoms with Crippen LogP contribution in [0.15, 0.2) is 39.6 Å². The van der Waals surface area contributed by atoms with Crippen molar-refractivity contribution >= 4 is 39.3 Å². The Labute approximate surface area is 170 Å². The molecule has 3 nitrogen and oxygen atoms in total. The third-order valence-corrected chi connectivity index (χ3v) is 6.63. The van der Waals surface area contributed by atoms with Crippen molar-refractivity contribution < 1.29 is 4.74 Å². The number of hydrogen-bond donors (Lipinski definition) is 0. The van der Waals surface area contributed by atoms with Gasteiger partial charge in [-0.25, -0.2) is 3.21 Å². The minimum Gasteiger partial charge on any atom is -0.497 e. The molecule has 2 aromatic carbocycles. The largest absolute Gasteiger partial charge is 0.497 e. The Morgan fingerprint density at radius 2 is 1.81 bits per heavy atom. The molecule has 1 atom stereocenters. The van der Waals surface area contributed by atoms with Crippen molar-refractivity contribution in [3.63, 3.8) is 0 Å². The lowest BCUT2D eigenvalue weighted by Gasteiger charge is -2.37. The minimum atomic E-state index is 0.553. The van der Waals surface area contributed by atoms with E-state index in [1.165, 1.54) is 73.7 Å². The molecule has 1 heterocycles. The highest BCUT2D eigenvalue weighted by molar-refractivity contribution is 14.1. The fourth-order valence-electron chi connectivity index (χ4n) is 4.69. The Hall–Kier alpha value is -1.14. The highest BCUT2D eigenvalue weighted by Crippen LogP contribution is 2.31. The summed E-state index contributed by atoms with van der Waals surface area (Å²) in [6.45, 7) is 2.44. The molecule has 138 valence electrons. The molecule has 0 bridgehead atoms. The van der Waals surface area contributed by atoms with Crippen LogP contribution in [0.5, 0.6) is 5.75 Å². The van der Waals surface area contributed by atoms with Gasteiger partial charge in [0, 0.05) is 18.5 Å². The molecule has 0 spiro atoms. The number of hydrogen-bond acceptors (Lipinski definition) is 3. The van der Waals surface area contributed by atoms with Crippen molar-refractivity contribution in [1.82, 2.24) is 4.90 Å². The summed E-state index contributed by atoms with van der Waals surface area (Å²) in [7, 11) is 1.72. The molecular weight excluding hydrogens is 435 g/mol. The summed E-state index contributed by atoms with van der Waals surface area (Å²) < 4.78 is 10.1. The lowest BCUT2D eigenvalue weighted by molar-refractivity contribution is 0.147. The van der Waals surface area contributed by atoms with Crippen molar-refractivity contribution in [2.24, 2.45) is 9.12 Å². The van der Waals surface area contributed by atoms with Crippen molar-refractivity contribution in [2.75, 3.05) is 20.2 Å². The molecule has 2 fully saturated rings. The molecule has 4 rings (SSSR count). The topological polar surface area (TPSA) is 24.8 Å². The summed E-state index contributed by atoms with van der Waals surface area (Å²) in [5.74, 6) is 1.46.